The van der Waals surface area contributed by atoms with Crippen LogP contribution in [0, 0.1) is 0 Å². The van der Waals surface area contributed by atoms with Gasteiger partial charge in [0.05, 0.1) is 12.2 Å². The third-order valence-electron chi connectivity index (χ3n) is 3.68. The molecule has 21 heavy (non-hydrogen) atoms. The molecule has 0 aliphatic heterocycles. The van der Waals surface area contributed by atoms with Gasteiger partial charge in [0.1, 0.15) is 10.8 Å². The molecule has 0 saturated carbocycles. The van der Waals surface area contributed by atoms with Gasteiger partial charge in [0.15, 0.2) is 0 Å². The van der Waals surface area contributed by atoms with Crippen LogP contribution in [0.15, 0.2) is 30.3 Å². The maximum atomic E-state index is 6.12. The molecule has 1 aromatic heterocycles. The van der Waals surface area contributed by atoms with Gasteiger partial charge < -0.3 is 15.4 Å². The molecule has 114 valence electrons. The Morgan fingerprint density at radius 1 is 1.33 bits per heavy atom. The quantitative estimate of drug-likeness (QED) is 0.848. The zero-order valence-electron chi connectivity index (χ0n) is 12.9. The summed E-state index contributed by atoms with van der Waals surface area (Å²) in [5.74, 6) is 0.604. The highest BCUT2D eigenvalue weighted by Crippen LogP contribution is 2.40. The third-order valence-corrected chi connectivity index (χ3v) is 4.58. The standard InChI is InChI=1S/C16H23N3OS/c1-4-12(2)19(10-11-20-3)16-14(15(17)18-21-16)13-8-6-5-7-9-13/h5-9,12H,4,10-11H2,1-3H3,(H2,17,18). The molecule has 5 heteroatoms. The molecule has 0 amide bonds. The molecule has 1 atom stereocenters. The summed E-state index contributed by atoms with van der Waals surface area (Å²) in [5.41, 5.74) is 8.28. The highest BCUT2D eigenvalue weighted by Gasteiger charge is 2.22. The Morgan fingerprint density at radius 2 is 2.05 bits per heavy atom. The minimum atomic E-state index is 0.419. The largest absolute Gasteiger partial charge is 0.383 e. The first-order valence-corrected chi connectivity index (χ1v) is 8.02. The fourth-order valence-electron chi connectivity index (χ4n) is 2.30. The number of nitrogens with zero attached hydrogens (tertiary/aromatic N) is 2. The minimum absolute atomic E-state index is 0.419. The summed E-state index contributed by atoms with van der Waals surface area (Å²) in [4.78, 5) is 2.35. The highest BCUT2D eigenvalue weighted by molar-refractivity contribution is 7.11. The smallest absolute Gasteiger partial charge is 0.147 e. The lowest BCUT2D eigenvalue weighted by Crippen LogP contribution is -2.35. The Kier molecular flexibility index (Phi) is 5.59. The van der Waals surface area contributed by atoms with Gasteiger partial charge in [0.25, 0.3) is 0 Å². The second-order valence-electron chi connectivity index (χ2n) is 5.06. The van der Waals surface area contributed by atoms with E-state index in [0.29, 0.717) is 18.5 Å². The van der Waals surface area contributed by atoms with Crippen molar-refractivity contribution in [3.8, 4) is 11.1 Å². The number of ether oxygens (including phenoxy) is 1. The lowest BCUT2D eigenvalue weighted by Gasteiger charge is -2.29. The maximum absolute atomic E-state index is 6.12. The molecule has 0 aliphatic carbocycles. The summed E-state index contributed by atoms with van der Waals surface area (Å²) in [6, 6.07) is 10.6. The first-order valence-electron chi connectivity index (χ1n) is 7.25. The van der Waals surface area contributed by atoms with E-state index in [1.54, 1.807) is 7.11 Å². The van der Waals surface area contributed by atoms with E-state index >= 15 is 0 Å². The van der Waals surface area contributed by atoms with E-state index in [1.807, 2.05) is 18.2 Å². The fraction of sp³-hybridized carbons (Fsp3) is 0.438. The lowest BCUT2D eigenvalue weighted by atomic mass is 10.1. The second-order valence-corrected chi connectivity index (χ2v) is 5.81. The predicted molar refractivity (Wildman–Crippen MR) is 90.9 cm³/mol. The first-order chi connectivity index (χ1) is 10.2. The van der Waals surface area contributed by atoms with Crippen molar-refractivity contribution >= 4 is 22.4 Å². The van der Waals surface area contributed by atoms with E-state index in [4.69, 9.17) is 10.5 Å². The van der Waals surface area contributed by atoms with E-state index in [0.717, 1.165) is 29.1 Å². The number of hydrogen-bond donors (Lipinski definition) is 1. The number of anilines is 2. The van der Waals surface area contributed by atoms with Gasteiger partial charge >= 0.3 is 0 Å². The molecular formula is C16H23N3OS. The SMILES string of the molecule is CCC(C)N(CCOC)c1snc(N)c1-c1ccccc1. The molecule has 1 unspecified atom stereocenters. The fourth-order valence-corrected chi connectivity index (χ4v) is 3.26. The molecule has 2 N–H and O–H groups in total. The van der Waals surface area contributed by atoms with Gasteiger partial charge in [-0.1, -0.05) is 37.3 Å². The van der Waals surface area contributed by atoms with Crippen molar-refractivity contribution in [2.75, 3.05) is 30.9 Å². The molecule has 2 rings (SSSR count). The molecule has 0 fully saturated rings. The molecule has 0 spiro atoms. The molecule has 1 aromatic carbocycles. The zero-order chi connectivity index (χ0) is 15.2. The van der Waals surface area contributed by atoms with Crippen molar-refractivity contribution in [3.63, 3.8) is 0 Å². The van der Waals surface area contributed by atoms with Crippen LogP contribution in [0.3, 0.4) is 0 Å². The molecule has 0 radical (unpaired) electrons. The summed E-state index contributed by atoms with van der Waals surface area (Å²) in [5, 5.41) is 1.13. The van der Waals surface area contributed by atoms with Crippen LogP contribution in [-0.2, 0) is 4.74 Å². The summed E-state index contributed by atoms with van der Waals surface area (Å²) >= 11 is 1.47. The molecule has 0 bridgehead atoms. The molecular weight excluding hydrogens is 282 g/mol. The van der Waals surface area contributed by atoms with Crippen molar-refractivity contribution in [1.82, 2.24) is 4.37 Å². The van der Waals surface area contributed by atoms with E-state index in [9.17, 15) is 0 Å². The van der Waals surface area contributed by atoms with Gasteiger partial charge in [-0.05, 0) is 30.4 Å². The first kappa shape index (κ1) is 15.8. The number of aromatic nitrogens is 1. The Morgan fingerprint density at radius 3 is 2.67 bits per heavy atom. The van der Waals surface area contributed by atoms with Crippen molar-refractivity contribution in [2.24, 2.45) is 0 Å². The molecule has 1 heterocycles. The van der Waals surface area contributed by atoms with E-state index in [1.165, 1.54) is 11.5 Å². The number of rotatable bonds is 7. The van der Waals surface area contributed by atoms with Crippen LogP contribution in [0.2, 0.25) is 0 Å². The Hall–Kier alpha value is -1.59. The summed E-state index contributed by atoms with van der Waals surface area (Å²) in [7, 11) is 1.73. The molecule has 2 aromatic rings. The Bertz CT molecular complexity index is 556. The van der Waals surface area contributed by atoms with Gasteiger partial charge in [0, 0.05) is 19.7 Å². The van der Waals surface area contributed by atoms with Crippen LogP contribution in [0.1, 0.15) is 20.3 Å². The minimum Gasteiger partial charge on any atom is -0.383 e. The van der Waals surface area contributed by atoms with Gasteiger partial charge in [0.2, 0.25) is 0 Å². The average molecular weight is 305 g/mol. The lowest BCUT2D eigenvalue weighted by molar-refractivity contribution is 0.203. The van der Waals surface area contributed by atoms with Gasteiger partial charge in [-0.25, -0.2) is 0 Å². The van der Waals surface area contributed by atoms with Crippen LogP contribution in [0.25, 0.3) is 11.1 Å². The summed E-state index contributed by atoms with van der Waals surface area (Å²) in [6.45, 7) is 5.95. The Labute approximate surface area is 130 Å². The monoisotopic (exact) mass is 305 g/mol. The molecule has 0 saturated heterocycles. The number of nitrogens with two attached hydrogens (primary N) is 1. The van der Waals surface area contributed by atoms with Crippen molar-refractivity contribution in [2.45, 2.75) is 26.3 Å². The zero-order valence-corrected chi connectivity index (χ0v) is 13.7. The van der Waals surface area contributed by atoms with Gasteiger partial charge in [-0.15, -0.1) is 0 Å². The predicted octanol–water partition coefficient (Wildman–Crippen LogP) is 3.64. The number of hydrogen-bond acceptors (Lipinski definition) is 5. The van der Waals surface area contributed by atoms with Crippen LogP contribution in [-0.4, -0.2) is 30.7 Å². The Balaban J connectivity index is 2.42. The summed E-state index contributed by atoms with van der Waals surface area (Å²) in [6.07, 6.45) is 1.07. The van der Waals surface area contributed by atoms with Crippen molar-refractivity contribution < 1.29 is 4.74 Å². The maximum Gasteiger partial charge on any atom is 0.147 e. The van der Waals surface area contributed by atoms with Crippen molar-refractivity contribution in [3.05, 3.63) is 30.3 Å². The number of nitrogen functional groups attached to an aromatic ring is 1. The van der Waals surface area contributed by atoms with Crippen LogP contribution in [0.4, 0.5) is 10.8 Å². The van der Waals surface area contributed by atoms with Crippen LogP contribution in [0.5, 0.6) is 0 Å². The molecule has 0 aliphatic rings. The van der Waals surface area contributed by atoms with Gasteiger partial charge in [-0.3, -0.25) is 0 Å². The van der Waals surface area contributed by atoms with Crippen LogP contribution >= 0.6 is 11.5 Å². The third kappa shape index (κ3) is 3.54. The summed E-state index contributed by atoms with van der Waals surface area (Å²) < 4.78 is 9.63. The topological polar surface area (TPSA) is 51.4 Å². The average Bonchev–Trinajstić information content (AvgIpc) is 2.90. The van der Waals surface area contributed by atoms with E-state index in [-0.39, 0.29) is 0 Å². The highest BCUT2D eigenvalue weighted by atomic mass is 32.1. The van der Waals surface area contributed by atoms with E-state index in [2.05, 4.69) is 35.3 Å². The second kappa shape index (κ2) is 7.43. The van der Waals surface area contributed by atoms with Gasteiger partial charge in [-0.2, -0.15) is 4.37 Å². The number of benzene rings is 1. The normalized spacial score (nSPS) is 12.3. The van der Waals surface area contributed by atoms with E-state index < -0.39 is 0 Å². The molecule has 4 nitrogen and oxygen atoms in total. The van der Waals surface area contributed by atoms with Crippen molar-refractivity contribution in [1.29, 1.82) is 0 Å². The number of methoxy groups -OCH3 is 1. The van der Waals surface area contributed by atoms with Crippen LogP contribution < -0.4 is 10.6 Å².